The van der Waals surface area contributed by atoms with Crippen molar-refractivity contribution in [2.75, 3.05) is 0 Å². The predicted molar refractivity (Wildman–Crippen MR) is 68.3 cm³/mol. The van der Waals surface area contributed by atoms with Crippen LogP contribution in [0, 0.1) is 6.92 Å². The lowest BCUT2D eigenvalue weighted by atomic mass is 10.2. The monoisotopic (exact) mass is 267 g/mol. The highest BCUT2D eigenvalue weighted by atomic mass is 32.1. The second-order valence-corrected chi connectivity index (χ2v) is 5.17. The molecule has 0 saturated heterocycles. The van der Waals surface area contributed by atoms with Crippen LogP contribution >= 0.6 is 11.3 Å². The van der Waals surface area contributed by atoms with E-state index in [2.05, 4.69) is 9.97 Å². The summed E-state index contributed by atoms with van der Waals surface area (Å²) in [7, 11) is 0. The second-order valence-electron chi connectivity index (χ2n) is 3.85. The minimum absolute atomic E-state index is 0.208. The van der Waals surface area contributed by atoms with Gasteiger partial charge in [0.1, 0.15) is 0 Å². The zero-order valence-electron chi connectivity index (χ0n) is 10.1. The average molecular weight is 267 g/mol. The number of nitrogens with zero attached hydrogens (tertiary/aromatic N) is 2. The molecule has 0 unspecified atom stereocenters. The molecule has 0 fully saturated rings. The first-order valence-electron chi connectivity index (χ1n) is 5.49. The van der Waals surface area contributed by atoms with Gasteiger partial charge in [-0.15, -0.1) is 11.3 Å². The number of thiazole rings is 1. The maximum atomic E-state index is 11.7. The summed E-state index contributed by atoms with van der Waals surface area (Å²) in [6.45, 7) is 3.82. The number of hydrogen-bond donors (Lipinski definition) is 2. The quantitative estimate of drug-likeness (QED) is 0.853. The Morgan fingerprint density at radius 3 is 2.78 bits per heavy atom. The van der Waals surface area contributed by atoms with Gasteiger partial charge in [0.15, 0.2) is 0 Å². The third kappa shape index (κ3) is 2.21. The van der Waals surface area contributed by atoms with E-state index in [1.54, 1.807) is 13.1 Å². The van der Waals surface area contributed by atoms with Gasteiger partial charge in [-0.2, -0.15) is 0 Å². The van der Waals surface area contributed by atoms with Crippen LogP contribution in [0.2, 0.25) is 0 Å². The van der Waals surface area contributed by atoms with Crippen molar-refractivity contribution >= 4 is 11.3 Å². The van der Waals surface area contributed by atoms with E-state index >= 15 is 0 Å². The Kier molecular flexibility index (Phi) is 3.33. The molecule has 0 radical (unpaired) electrons. The highest BCUT2D eigenvalue weighted by Gasteiger charge is 2.13. The lowest BCUT2D eigenvalue weighted by molar-refractivity contribution is 0.402. The van der Waals surface area contributed by atoms with Crippen molar-refractivity contribution in [2.24, 2.45) is 0 Å². The molecule has 2 N–H and O–H groups in total. The third-order valence-electron chi connectivity index (χ3n) is 2.60. The number of aromatic hydroxyl groups is 1. The molecular weight excluding hydrogens is 254 g/mol. The van der Waals surface area contributed by atoms with Crippen molar-refractivity contribution in [3.05, 3.63) is 42.5 Å². The SMILES string of the molecule is CCc1c(O)n(Cc2cnc(C)s2)c(=O)[nH]c1=O. The summed E-state index contributed by atoms with van der Waals surface area (Å²) in [6, 6.07) is 0. The highest BCUT2D eigenvalue weighted by Crippen LogP contribution is 2.16. The summed E-state index contributed by atoms with van der Waals surface area (Å²) < 4.78 is 1.15. The van der Waals surface area contributed by atoms with Crippen LogP contribution in [-0.2, 0) is 13.0 Å². The largest absolute Gasteiger partial charge is 0.494 e. The van der Waals surface area contributed by atoms with E-state index in [-0.39, 0.29) is 18.0 Å². The molecule has 0 aliphatic heterocycles. The van der Waals surface area contributed by atoms with Crippen LogP contribution < -0.4 is 11.2 Å². The maximum Gasteiger partial charge on any atom is 0.331 e. The van der Waals surface area contributed by atoms with Crippen LogP contribution in [0.3, 0.4) is 0 Å². The number of H-pyrrole nitrogens is 1. The lowest BCUT2D eigenvalue weighted by Crippen LogP contribution is -2.32. The number of aromatic nitrogens is 3. The fourth-order valence-electron chi connectivity index (χ4n) is 1.70. The zero-order chi connectivity index (χ0) is 13.3. The average Bonchev–Trinajstić information content (AvgIpc) is 2.70. The molecule has 0 amide bonds. The van der Waals surface area contributed by atoms with E-state index in [1.807, 2.05) is 6.92 Å². The molecule has 0 saturated carbocycles. The van der Waals surface area contributed by atoms with Gasteiger partial charge in [0, 0.05) is 11.1 Å². The van der Waals surface area contributed by atoms with Crippen molar-refractivity contribution in [3.63, 3.8) is 0 Å². The molecule has 0 spiro atoms. The molecular formula is C11H13N3O3S. The van der Waals surface area contributed by atoms with Gasteiger partial charge in [-0.25, -0.2) is 9.78 Å². The molecule has 2 heterocycles. The molecule has 0 bridgehead atoms. The van der Waals surface area contributed by atoms with Crippen LogP contribution in [0.5, 0.6) is 5.88 Å². The molecule has 2 aromatic heterocycles. The molecule has 18 heavy (non-hydrogen) atoms. The zero-order valence-corrected chi connectivity index (χ0v) is 10.9. The lowest BCUT2D eigenvalue weighted by Gasteiger charge is -2.08. The van der Waals surface area contributed by atoms with E-state index in [1.165, 1.54) is 11.3 Å². The fraction of sp³-hybridized carbons (Fsp3) is 0.364. The number of aryl methyl sites for hydroxylation is 1. The van der Waals surface area contributed by atoms with Gasteiger partial charge in [-0.3, -0.25) is 14.3 Å². The topological polar surface area (TPSA) is 88.0 Å². The number of nitrogens with one attached hydrogen (secondary N) is 1. The van der Waals surface area contributed by atoms with Gasteiger partial charge < -0.3 is 5.11 Å². The van der Waals surface area contributed by atoms with E-state index in [0.29, 0.717) is 6.42 Å². The van der Waals surface area contributed by atoms with E-state index in [9.17, 15) is 14.7 Å². The second kappa shape index (κ2) is 4.77. The van der Waals surface area contributed by atoms with E-state index in [0.717, 1.165) is 14.5 Å². The number of rotatable bonds is 3. The van der Waals surface area contributed by atoms with Gasteiger partial charge in [-0.05, 0) is 13.3 Å². The van der Waals surface area contributed by atoms with Crippen molar-refractivity contribution in [2.45, 2.75) is 26.8 Å². The smallest absolute Gasteiger partial charge is 0.331 e. The summed E-state index contributed by atoms with van der Waals surface area (Å²) in [5, 5.41) is 10.8. The van der Waals surface area contributed by atoms with Crippen LogP contribution in [0.25, 0.3) is 0 Å². The number of hydrogen-bond acceptors (Lipinski definition) is 5. The Morgan fingerprint density at radius 1 is 1.50 bits per heavy atom. The Balaban J connectivity index is 2.51. The first-order valence-corrected chi connectivity index (χ1v) is 6.30. The molecule has 0 atom stereocenters. The minimum atomic E-state index is -0.610. The summed E-state index contributed by atoms with van der Waals surface area (Å²) >= 11 is 1.44. The van der Waals surface area contributed by atoms with Crippen molar-refractivity contribution in [3.8, 4) is 5.88 Å². The standard InChI is InChI=1S/C11H13N3O3S/c1-3-8-9(15)13-11(17)14(10(8)16)5-7-4-12-6(2)18-7/h4,16H,3,5H2,1-2H3,(H,13,15,17). The third-order valence-corrected chi connectivity index (χ3v) is 3.50. The van der Waals surface area contributed by atoms with Crippen molar-refractivity contribution < 1.29 is 5.11 Å². The molecule has 6 nitrogen and oxygen atoms in total. The van der Waals surface area contributed by atoms with Crippen LogP contribution in [0.15, 0.2) is 15.8 Å². The van der Waals surface area contributed by atoms with Crippen molar-refractivity contribution in [1.82, 2.24) is 14.5 Å². The summed E-state index contributed by atoms with van der Waals surface area (Å²) in [5.41, 5.74) is -0.923. The van der Waals surface area contributed by atoms with Crippen molar-refractivity contribution in [1.29, 1.82) is 0 Å². The maximum absolute atomic E-state index is 11.7. The molecule has 96 valence electrons. The molecule has 7 heteroatoms. The molecule has 0 aliphatic carbocycles. The first kappa shape index (κ1) is 12.6. The Bertz CT molecular complexity index is 684. The van der Waals surface area contributed by atoms with Gasteiger partial charge in [0.25, 0.3) is 5.56 Å². The minimum Gasteiger partial charge on any atom is -0.494 e. The van der Waals surface area contributed by atoms with Gasteiger partial charge in [0.05, 0.1) is 17.1 Å². The normalized spacial score (nSPS) is 10.8. The highest BCUT2D eigenvalue weighted by molar-refractivity contribution is 7.11. The van der Waals surface area contributed by atoms with E-state index < -0.39 is 11.2 Å². The molecule has 0 aromatic carbocycles. The Morgan fingerprint density at radius 2 is 2.22 bits per heavy atom. The Labute approximate surface area is 107 Å². The van der Waals surface area contributed by atoms with Gasteiger partial charge in [-0.1, -0.05) is 6.92 Å². The predicted octanol–water partition coefficient (Wildman–Crippen LogP) is 0.618. The summed E-state index contributed by atoms with van der Waals surface area (Å²) in [4.78, 5) is 30.3. The van der Waals surface area contributed by atoms with E-state index in [4.69, 9.17) is 0 Å². The molecule has 0 aliphatic rings. The van der Waals surface area contributed by atoms with Crippen LogP contribution in [-0.4, -0.2) is 19.6 Å². The summed E-state index contributed by atoms with van der Waals surface area (Å²) in [5.74, 6) is -0.266. The van der Waals surface area contributed by atoms with Crippen LogP contribution in [0.4, 0.5) is 0 Å². The Hall–Kier alpha value is -1.89. The fourth-order valence-corrected chi connectivity index (χ4v) is 2.48. The van der Waals surface area contributed by atoms with Gasteiger partial charge >= 0.3 is 5.69 Å². The first-order chi connectivity index (χ1) is 8.52. The van der Waals surface area contributed by atoms with Crippen LogP contribution in [0.1, 0.15) is 22.4 Å². The number of aromatic amines is 1. The van der Waals surface area contributed by atoms with Gasteiger partial charge in [0.2, 0.25) is 5.88 Å². The summed E-state index contributed by atoms with van der Waals surface area (Å²) in [6.07, 6.45) is 2.02. The molecule has 2 aromatic rings. The molecule has 2 rings (SSSR count).